The third-order valence-corrected chi connectivity index (χ3v) is 4.05. The van der Waals surface area contributed by atoms with Gasteiger partial charge < -0.3 is 14.7 Å². The lowest BCUT2D eigenvalue weighted by atomic mass is 9.92. The van der Waals surface area contributed by atoms with Gasteiger partial charge in [-0.05, 0) is 55.4 Å². The average Bonchev–Trinajstić information content (AvgIpc) is 2.34. The Bertz CT molecular complexity index is 436. The summed E-state index contributed by atoms with van der Waals surface area (Å²) in [5.41, 5.74) is 2.39. The summed E-state index contributed by atoms with van der Waals surface area (Å²) in [6.45, 7) is 12.0. The summed E-state index contributed by atoms with van der Waals surface area (Å²) < 4.78 is 5.75. The second kappa shape index (κ2) is 8.76. The zero-order valence-corrected chi connectivity index (χ0v) is 15.0. The third-order valence-electron chi connectivity index (χ3n) is 4.05. The summed E-state index contributed by atoms with van der Waals surface area (Å²) in [7, 11) is 0. The van der Waals surface area contributed by atoms with Crippen LogP contribution in [-0.4, -0.2) is 42.4 Å². The van der Waals surface area contributed by atoms with Gasteiger partial charge in [-0.2, -0.15) is 0 Å². The van der Waals surface area contributed by atoms with Crippen molar-refractivity contribution in [2.24, 2.45) is 11.8 Å². The van der Waals surface area contributed by atoms with E-state index in [4.69, 9.17) is 4.74 Å². The number of hydrogen-bond donors (Lipinski definition) is 1. The summed E-state index contributed by atoms with van der Waals surface area (Å²) in [5.74, 6) is 2.30. The Morgan fingerprint density at radius 2 is 1.68 bits per heavy atom. The molecule has 3 nitrogen and oxygen atoms in total. The van der Waals surface area contributed by atoms with Crippen molar-refractivity contribution in [1.29, 1.82) is 0 Å². The number of aliphatic hydroxyl groups excluding tert-OH is 1. The van der Waals surface area contributed by atoms with E-state index in [-0.39, 0.29) is 12.4 Å². The van der Waals surface area contributed by atoms with Crippen molar-refractivity contribution in [2.45, 2.75) is 40.2 Å². The van der Waals surface area contributed by atoms with Crippen LogP contribution in [0.5, 0.6) is 5.75 Å². The molecule has 4 heteroatoms. The van der Waals surface area contributed by atoms with Crippen molar-refractivity contribution in [3.63, 3.8) is 0 Å². The van der Waals surface area contributed by atoms with Crippen LogP contribution in [0.1, 0.15) is 31.4 Å². The van der Waals surface area contributed by atoms with Crippen LogP contribution in [0.3, 0.4) is 0 Å². The summed E-state index contributed by atoms with van der Waals surface area (Å²) >= 11 is 0. The minimum Gasteiger partial charge on any atom is -0.491 e. The maximum atomic E-state index is 10.2. The van der Waals surface area contributed by atoms with E-state index < -0.39 is 6.10 Å². The molecule has 0 saturated carbocycles. The number of halogens is 1. The quantitative estimate of drug-likeness (QED) is 0.899. The zero-order valence-electron chi connectivity index (χ0n) is 14.2. The number of rotatable bonds is 5. The number of piperidine rings is 1. The van der Waals surface area contributed by atoms with Crippen LogP contribution >= 0.6 is 12.4 Å². The molecule has 3 atom stereocenters. The molecule has 2 rings (SSSR count). The summed E-state index contributed by atoms with van der Waals surface area (Å²) in [6.07, 6.45) is 0.870. The first-order valence-electron chi connectivity index (χ1n) is 8.04. The van der Waals surface area contributed by atoms with E-state index in [1.165, 1.54) is 17.5 Å². The molecule has 0 bridgehead atoms. The predicted octanol–water partition coefficient (Wildman–Crippen LogP) is 3.44. The van der Waals surface area contributed by atoms with Gasteiger partial charge in [0.25, 0.3) is 0 Å². The molecule has 126 valence electrons. The Balaban J connectivity index is 0.00000242. The molecule has 0 amide bonds. The van der Waals surface area contributed by atoms with Crippen molar-refractivity contribution in [3.05, 3.63) is 29.3 Å². The lowest BCUT2D eigenvalue weighted by Gasteiger charge is -2.35. The summed E-state index contributed by atoms with van der Waals surface area (Å²) in [5, 5.41) is 10.2. The van der Waals surface area contributed by atoms with E-state index in [0.717, 1.165) is 30.7 Å². The van der Waals surface area contributed by atoms with Gasteiger partial charge >= 0.3 is 0 Å². The molecule has 0 aromatic heterocycles. The highest BCUT2D eigenvalue weighted by Crippen LogP contribution is 2.21. The van der Waals surface area contributed by atoms with Gasteiger partial charge in [0.1, 0.15) is 18.5 Å². The Labute approximate surface area is 141 Å². The number of hydrogen-bond acceptors (Lipinski definition) is 3. The van der Waals surface area contributed by atoms with E-state index >= 15 is 0 Å². The molecule has 1 aliphatic rings. The number of benzene rings is 1. The van der Waals surface area contributed by atoms with Gasteiger partial charge in [-0.15, -0.1) is 12.4 Å². The number of aliphatic hydroxyl groups is 1. The predicted molar refractivity (Wildman–Crippen MR) is 94.1 cm³/mol. The van der Waals surface area contributed by atoms with Gasteiger partial charge in [-0.25, -0.2) is 0 Å². The highest BCUT2D eigenvalue weighted by atomic mass is 35.5. The maximum absolute atomic E-state index is 10.2. The van der Waals surface area contributed by atoms with Gasteiger partial charge in [0.2, 0.25) is 0 Å². The Morgan fingerprint density at radius 3 is 2.23 bits per heavy atom. The molecule has 0 spiro atoms. The largest absolute Gasteiger partial charge is 0.491 e. The second-order valence-corrected chi connectivity index (χ2v) is 6.95. The lowest BCUT2D eigenvalue weighted by Crippen LogP contribution is -2.44. The first kappa shape index (κ1) is 19.3. The van der Waals surface area contributed by atoms with Crippen molar-refractivity contribution in [1.82, 2.24) is 4.90 Å². The van der Waals surface area contributed by atoms with Crippen LogP contribution in [-0.2, 0) is 0 Å². The van der Waals surface area contributed by atoms with Crippen LogP contribution in [0, 0.1) is 25.7 Å². The topological polar surface area (TPSA) is 32.7 Å². The van der Waals surface area contributed by atoms with Gasteiger partial charge in [-0.3, -0.25) is 0 Å². The lowest BCUT2D eigenvalue weighted by molar-refractivity contribution is 0.0428. The first-order valence-corrected chi connectivity index (χ1v) is 8.04. The molecule has 0 radical (unpaired) electrons. The minimum absolute atomic E-state index is 0. The SMILES string of the molecule is Cc1cc(C)cc(OCC(O)CN2CC(C)CC(C)C2)c1.Cl. The maximum Gasteiger partial charge on any atom is 0.119 e. The molecular formula is C18H30ClNO2. The van der Waals surface area contributed by atoms with E-state index in [9.17, 15) is 5.11 Å². The van der Waals surface area contributed by atoms with Crippen LogP contribution in [0.4, 0.5) is 0 Å². The molecule has 1 N–H and O–H groups in total. The van der Waals surface area contributed by atoms with Gasteiger partial charge in [0.15, 0.2) is 0 Å². The van der Waals surface area contributed by atoms with Gasteiger partial charge in [-0.1, -0.05) is 19.9 Å². The summed E-state index contributed by atoms with van der Waals surface area (Å²) in [4.78, 5) is 2.37. The first-order chi connectivity index (χ1) is 9.92. The van der Waals surface area contributed by atoms with Crippen molar-refractivity contribution < 1.29 is 9.84 Å². The number of likely N-dealkylation sites (tertiary alicyclic amines) is 1. The molecule has 1 aliphatic heterocycles. The van der Waals surface area contributed by atoms with E-state index in [1.807, 2.05) is 12.1 Å². The van der Waals surface area contributed by atoms with E-state index in [0.29, 0.717) is 13.2 Å². The molecule has 0 aliphatic carbocycles. The molecule has 22 heavy (non-hydrogen) atoms. The molecular weight excluding hydrogens is 298 g/mol. The Hall–Kier alpha value is -0.770. The molecule has 1 heterocycles. The monoisotopic (exact) mass is 327 g/mol. The smallest absolute Gasteiger partial charge is 0.119 e. The van der Waals surface area contributed by atoms with Crippen LogP contribution < -0.4 is 4.74 Å². The van der Waals surface area contributed by atoms with Crippen LogP contribution in [0.15, 0.2) is 18.2 Å². The Kier molecular flexibility index (Phi) is 7.67. The molecule has 1 aromatic rings. The highest BCUT2D eigenvalue weighted by molar-refractivity contribution is 5.85. The number of nitrogens with zero attached hydrogens (tertiary/aromatic N) is 1. The standard InChI is InChI=1S/C18H29NO2.ClH/c1-13-5-14(2)8-18(7-13)21-12-17(20)11-19-9-15(3)6-16(4)10-19;/h5,7-8,15-17,20H,6,9-12H2,1-4H3;1H. The van der Waals surface area contributed by atoms with Crippen LogP contribution in [0.25, 0.3) is 0 Å². The average molecular weight is 328 g/mol. The minimum atomic E-state index is -0.427. The number of aryl methyl sites for hydroxylation is 2. The van der Waals surface area contributed by atoms with Gasteiger partial charge in [0.05, 0.1) is 0 Å². The molecule has 1 saturated heterocycles. The van der Waals surface area contributed by atoms with E-state index in [1.54, 1.807) is 0 Å². The van der Waals surface area contributed by atoms with Crippen molar-refractivity contribution in [3.8, 4) is 5.75 Å². The van der Waals surface area contributed by atoms with E-state index in [2.05, 4.69) is 38.7 Å². The summed E-state index contributed by atoms with van der Waals surface area (Å²) in [6, 6.07) is 6.16. The van der Waals surface area contributed by atoms with Crippen molar-refractivity contribution >= 4 is 12.4 Å². The normalized spacial score (nSPS) is 23.7. The zero-order chi connectivity index (χ0) is 15.4. The number of ether oxygens (including phenoxy) is 1. The Morgan fingerprint density at radius 1 is 1.14 bits per heavy atom. The van der Waals surface area contributed by atoms with Crippen LogP contribution in [0.2, 0.25) is 0 Å². The molecule has 1 aromatic carbocycles. The number of β-amino-alcohol motifs (C(OH)–C–C–N with tert-alkyl or cyclic N) is 1. The third kappa shape index (κ3) is 6.15. The van der Waals surface area contributed by atoms with Gasteiger partial charge in [0, 0.05) is 19.6 Å². The molecule has 3 unspecified atom stereocenters. The molecule has 1 fully saturated rings. The second-order valence-electron chi connectivity index (χ2n) is 6.95. The fourth-order valence-electron chi connectivity index (χ4n) is 3.50. The highest BCUT2D eigenvalue weighted by Gasteiger charge is 2.23. The fraction of sp³-hybridized carbons (Fsp3) is 0.667. The van der Waals surface area contributed by atoms with Crippen molar-refractivity contribution in [2.75, 3.05) is 26.2 Å². The fourth-order valence-corrected chi connectivity index (χ4v) is 3.50.